The van der Waals surface area contributed by atoms with Crippen LogP contribution >= 0.6 is 0 Å². The summed E-state index contributed by atoms with van der Waals surface area (Å²) in [4.78, 5) is 34.0. The molecule has 108 valence electrons. The smallest absolute Gasteiger partial charge is 0.309 e. The number of rotatable bonds is 3. The molecule has 1 fully saturated rings. The minimum Gasteiger partial charge on any atom is -0.481 e. The number of ether oxygens (including phenoxy) is 1. The topological polar surface area (TPSA) is 101 Å². The molecule has 2 N–H and O–H groups in total. The zero-order chi connectivity index (χ0) is 14.8. The van der Waals surface area contributed by atoms with Gasteiger partial charge in [0.15, 0.2) is 0 Å². The molecule has 0 radical (unpaired) electrons. The third-order valence-corrected chi connectivity index (χ3v) is 3.15. The lowest BCUT2D eigenvalue weighted by Gasteiger charge is -2.31. The maximum absolute atomic E-state index is 11.9. The average Bonchev–Trinajstić information content (AvgIpc) is 2.25. The van der Waals surface area contributed by atoms with E-state index in [1.807, 2.05) is 0 Å². The lowest BCUT2D eigenvalue weighted by atomic mass is 9.75. The van der Waals surface area contributed by atoms with E-state index in [0.29, 0.717) is 0 Å². The Balaban J connectivity index is 2.79. The summed E-state index contributed by atoms with van der Waals surface area (Å²) in [5.41, 5.74) is -0.661. The van der Waals surface area contributed by atoms with Crippen molar-refractivity contribution in [2.75, 3.05) is 0 Å². The van der Waals surface area contributed by atoms with Crippen molar-refractivity contribution in [2.24, 2.45) is 17.8 Å². The SMILES string of the molecule is CC(C)(C)OC(=O)C1CC(C(=O)O)CC(C(=O)O)C1. The third kappa shape index (κ3) is 4.54. The summed E-state index contributed by atoms with van der Waals surface area (Å²) >= 11 is 0. The maximum atomic E-state index is 11.9. The zero-order valence-corrected chi connectivity index (χ0v) is 11.4. The maximum Gasteiger partial charge on any atom is 0.309 e. The van der Waals surface area contributed by atoms with Gasteiger partial charge in [-0.3, -0.25) is 14.4 Å². The highest BCUT2D eigenvalue weighted by Crippen LogP contribution is 2.35. The highest BCUT2D eigenvalue weighted by Gasteiger charge is 2.40. The van der Waals surface area contributed by atoms with E-state index in [4.69, 9.17) is 14.9 Å². The Kier molecular flexibility index (Phi) is 4.55. The molecular formula is C13H20O6. The van der Waals surface area contributed by atoms with Crippen molar-refractivity contribution >= 4 is 17.9 Å². The van der Waals surface area contributed by atoms with E-state index in [0.717, 1.165) is 0 Å². The van der Waals surface area contributed by atoms with Gasteiger partial charge in [-0.2, -0.15) is 0 Å². The molecule has 2 unspecified atom stereocenters. The molecule has 19 heavy (non-hydrogen) atoms. The summed E-state index contributed by atoms with van der Waals surface area (Å²) in [6, 6.07) is 0. The van der Waals surface area contributed by atoms with Crippen LogP contribution in [0.15, 0.2) is 0 Å². The Bertz CT molecular complexity index is 359. The first kappa shape index (κ1) is 15.5. The predicted molar refractivity (Wildman–Crippen MR) is 65.4 cm³/mol. The fraction of sp³-hybridized carbons (Fsp3) is 0.769. The fourth-order valence-electron chi connectivity index (χ4n) is 2.30. The van der Waals surface area contributed by atoms with Crippen molar-refractivity contribution in [3.8, 4) is 0 Å². The Morgan fingerprint density at radius 2 is 1.26 bits per heavy atom. The Morgan fingerprint density at radius 3 is 1.58 bits per heavy atom. The third-order valence-electron chi connectivity index (χ3n) is 3.15. The first-order valence-corrected chi connectivity index (χ1v) is 6.28. The van der Waals surface area contributed by atoms with Crippen LogP contribution in [0.2, 0.25) is 0 Å². The summed E-state index contributed by atoms with van der Waals surface area (Å²) in [6.45, 7) is 5.16. The van der Waals surface area contributed by atoms with Crippen LogP contribution in [-0.4, -0.2) is 33.7 Å². The molecule has 6 heteroatoms. The highest BCUT2D eigenvalue weighted by atomic mass is 16.6. The van der Waals surface area contributed by atoms with Crippen LogP contribution in [-0.2, 0) is 19.1 Å². The van der Waals surface area contributed by atoms with Gasteiger partial charge in [-0.05, 0) is 40.0 Å². The van der Waals surface area contributed by atoms with E-state index < -0.39 is 41.3 Å². The lowest BCUT2D eigenvalue weighted by Crippen LogP contribution is -2.37. The number of carboxylic acids is 2. The van der Waals surface area contributed by atoms with E-state index in [1.54, 1.807) is 20.8 Å². The zero-order valence-electron chi connectivity index (χ0n) is 11.4. The molecule has 1 aliphatic carbocycles. The molecular weight excluding hydrogens is 252 g/mol. The molecule has 6 nitrogen and oxygen atoms in total. The van der Waals surface area contributed by atoms with E-state index >= 15 is 0 Å². The van der Waals surface area contributed by atoms with Gasteiger partial charge in [0, 0.05) is 0 Å². The summed E-state index contributed by atoms with van der Waals surface area (Å²) < 4.78 is 5.21. The highest BCUT2D eigenvalue weighted by molar-refractivity contribution is 5.79. The summed E-state index contributed by atoms with van der Waals surface area (Å²) in [5, 5.41) is 18.0. The fourth-order valence-corrected chi connectivity index (χ4v) is 2.30. The largest absolute Gasteiger partial charge is 0.481 e. The molecule has 0 aromatic rings. The van der Waals surface area contributed by atoms with Gasteiger partial charge in [0.05, 0.1) is 17.8 Å². The molecule has 0 bridgehead atoms. The van der Waals surface area contributed by atoms with E-state index in [-0.39, 0.29) is 19.3 Å². The van der Waals surface area contributed by atoms with Crippen molar-refractivity contribution in [1.82, 2.24) is 0 Å². The summed E-state index contributed by atoms with van der Waals surface area (Å²) in [5.74, 6) is -4.88. The van der Waals surface area contributed by atoms with E-state index in [2.05, 4.69) is 0 Å². The molecule has 1 rings (SSSR count). The van der Waals surface area contributed by atoms with Gasteiger partial charge in [0.1, 0.15) is 5.60 Å². The van der Waals surface area contributed by atoms with Crippen LogP contribution in [0.1, 0.15) is 40.0 Å². The Morgan fingerprint density at radius 1 is 0.895 bits per heavy atom. The standard InChI is InChI=1S/C13H20O6/c1-13(2,3)19-12(18)9-5-7(10(14)15)4-8(6-9)11(16)17/h7-9H,4-6H2,1-3H3,(H,14,15)(H,16,17). The number of carbonyl (C=O) groups is 3. The number of esters is 1. The normalized spacial score (nSPS) is 27.6. The van der Waals surface area contributed by atoms with E-state index in [9.17, 15) is 14.4 Å². The molecule has 0 amide bonds. The Hall–Kier alpha value is -1.59. The molecule has 0 heterocycles. The van der Waals surface area contributed by atoms with Crippen molar-refractivity contribution in [3.05, 3.63) is 0 Å². The van der Waals surface area contributed by atoms with E-state index in [1.165, 1.54) is 0 Å². The van der Waals surface area contributed by atoms with Gasteiger partial charge >= 0.3 is 17.9 Å². The molecule has 0 aromatic heterocycles. The molecule has 0 aliphatic heterocycles. The second kappa shape index (κ2) is 5.59. The molecule has 0 aromatic carbocycles. The van der Waals surface area contributed by atoms with Gasteiger partial charge < -0.3 is 14.9 Å². The lowest BCUT2D eigenvalue weighted by molar-refractivity contribution is -0.164. The van der Waals surface area contributed by atoms with Gasteiger partial charge in [0.25, 0.3) is 0 Å². The van der Waals surface area contributed by atoms with Crippen molar-refractivity contribution in [1.29, 1.82) is 0 Å². The van der Waals surface area contributed by atoms with Crippen LogP contribution < -0.4 is 0 Å². The van der Waals surface area contributed by atoms with Crippen molar-refractivity contribution < 1.29 is 29.3 Å². The molecule has 0 spiro atoms. The first-order chi connectivity index (χ1) is 8.60. The molecule has 2 atom stereocenters. The number of aliphatic carboxylic acids is 2. The van der Waals surface area contributed by atoms with Gasteiger partial charge in [-0.1, -0.05) is 0 Å². The number of hydrogen-bond acceptors (Lipinski definition) is 4. The van der Waals surface area contributed by atoms with Crippen LogP contribution in [0.25, 0.3) is 0 Å². The van der Waals surface area contributed by atoms with Crippen molar-refractivity contribution in [3.63, 3.8) is 0 Å². The molecule has 1 saturated carbocycles. The van der Waals surface area contributed by atoms with Gasteiger partial charge in [-0.25, -0.2) is 0 Å². The van der Waals surface area contributed by atoms with Crippen LogP contribution in [0.3, 0.4) is 0 Å². The average molecular weight is 272 g/mol. The van der Waals surface area contributed by atoms with Crippen LogP contribution in [0, 0.1) is 17.8 Å². The van der Waals surface area contributed by atoms with Crippen molar-refractivity contribution in [2.45, 2.75) is 45.6 Å². The summed E-state index contributed by atoms with van der Waals surface area (Å²) in [7, 11) is 0. The quantitative estimate of drug-likeness (QED) is 0.755. The second-order valence-electron chi connectivity index (χ2n) is 6.01. The van der Waals surface area contributed by atoms with Crippen LogP contribution in [0.4, 0.5) is 0 Å². The predicted octanol–water partition coefficient (Wildman–Crippen LogP) is 1.53. The minimum atomic E-state index is -1.06. The number of carboxylic acid groups (broad SMARTS) is 2. The number of carbonyl (C=O) groups excluding carboxylic acids is 1. The molecule has 0 saturated heterocycles. The second-order valence-corrected chi connectivity index (χ2v) is 6.01. The minimum absolute atomic E-state index is 0.0734. The number of hydrogen-bond donors (Lipinski definition) is 2. The van der Waals surface area contributed by atoms with Gasteiger partial charge in [-0.15, -0.1) is 0 Å². The van der Waals surface area contributed by atoms with Gasteiger partial charge in [0.2, 0.25) is 0 Å². The first-order valence-electron chi connectivity index (χ1n) is 6.28. The van der Waals surface area contributed by atoms with Crippen LogP contribution in [0.5, 0.6) is 0 Å². The molecule has 1 aliphatic rings. The summed E-state index contributed by atoms with van der Waals surface area (Å²) in [6.07, 6.45) is 0.367. The Labute approximate surface area is 111 Å². The monoisotopic (exact) mass is 272 g/mol.